The molecule has 0 saturated carbocycles. The summed E-state index contributed by atoms with van der Waals surface area (Å²) in [7, 11) is 0. The Morgan fingerprint density at radius 2 is 1.82 bits per heavy atom. The predicted octanol–water partition coefficient (Wildman–Crippen LogP) is -3.26. The van der Waals surface area contributed by atoms with Crippen LogP contribution < -0.4 is 0 Å². The van der Waals surface area contributed by atoms with Crippen LogP contribution in [-0.2, 0) is 4.74 Å². The number of hydrogen-bond donors (Lipinski definition) is 5. The van der Waals surface area contributed by atoms with Gasteiger partial charge in [0, 0.05) is 0 Å². The van der Waals surface area contributed by atoms with Crippen molar-refractivity contribution in [1.82, 2.24) is 0 Å². The van der Waals surface area contributed by atoms with Crippen molar-refractivity contribution in [2.75, 3.05) is 6.61 Å². The van der Waals surface area contributed by atoms with E-state index in [0.29, 0.717) is 0 Å². The van der Waals surface area contributed by atoms with Gasteiger partial charge in [-0.2, -0.15) is 0 Å². The molecule has 0 bridgehead atoms. The standard InChI is InChI=1S/C5H10O6/c6-1-5(10)3(8)2(7)4(9)11-5/h2-4,6-10H,1H2/t2-,3-,4?,5?/m0/s1. The SMILES string of the molecule is OCC1(O)OC(O)[C@@H](O)[C@@H]1O. The van der Waals surface area contributed by atoms with E-state index < -0.39 is 30.9 Å². The molecule has 5 N–H and O–H groups in total. The highest BCUT2D eigenvalue weighted by Gasteiger charge is 2.52. The van der Waals surface area contributed by atoms with Crippen molar-refractivity contribution in [3.63, 3.8) is 0 Å². The number of aliphatic hydroxyl groups excluding tert-OH is 4. The molecule has 6 heteroatoms. The first-order chi connectivity index (χ1) is 5.01. The molecular formula is C5H10O6. The number of hydrogen-bond acceptors (Lipinski definition) is 6. The van der Waals surface area contributed by atoms with E-state index in [1.54, 1.807) is 0 Å². The van der Waals surface area contributed by atoms with Crippen molar-refractivity contribution in [3.05, 3.63) is 0 Å². The normalized spacial score (nSPS) is 51.5. The molecule has 1 rings (SSSR count). The molecule has 0 aliphatic carbocycles. The Hall–Kier alpha value is -0.240. The summed E-state index contributed by atoms with van der Waals surface area (Å²) in [6.07, 6.45) is -4.95. The first kappa shape index (κ1) is 8.85. The average molecular weight is 166 g/mol. The molecule has 2 unspecified atom stereocenters. The highest BCUT2D eigenvalue weighted by molar-refractivity contribution is 4.90. The second-order valence-corrected chi connectivity index (χ2v) is 2.45. The third-order valence-corrected chi connectivity index (χ3v) is 1.63. The van der Waals surface area contributed by atoms with Crippen LogP contribution in [0.2, 0.25) is 0 Å². The Morgan fingerprint density at radius 1 is 1.27 bits per heavy atom. The Balaban J connectivity index is 2.73. The minimum absolute atomic E-state index is 0.887. The van der Waals surface area contributed by atoms with Gasteiger partial charge in [0.25, 0.3) is 0 Å². The minimum atomic E-state index is -2.25. The van der Waals surface area contributed by atoms with Crippen molar-refractivity contribution < 1.29 is 30.3 Å². The second kappa shape index (κ2) is 2.67. The summed E-state index contributed by atoms with van der Waals surface area (Å²) >= 11 is 0. The lowest BCUT2D eigenvalue weighted by Crippen LogP contribution is -2.46. The topological polar surface area (TPSA) is 110 Å². The maximum Gasteiger partial charge on any atom is 0.221 e. The van der Waals surface area contributed by atoms with Crippen LogP contribution in [0.5, 0.6) is 0 Å². The van der Waals surface area contributed by atoms with E-state index in [9.17, 15) is 0 Å². The molecule has 66 valence electrons. The van der Waals surface area contributed by atoms with Crippen LogP contribution >= 0.6 is 0 Å². The first-order valence-electron chi connectivity index (χ1n) is 3.06. The molecule has 1 aliphatic rings. The van der Waals surface area contributed by atoms with Gasteiger partial charge in [0.15, 0.2) is 6.29 Å². The van der Waals surface area contributed by atoms with Crippen LogP contribution in [0.25, 0.3) is 0 Å². The quantitative estimate of drug-likeness (QED) is 0.279. The molecule has 6 nitrogen and oxygen atoms in total. The van der Waals surface area contributed by atoms with Gasteiger partial charge >= 0.3 is 0 Å². The maximum absolute atomic E-state index is 9.07. The van der Waals surface area contributed by atoms with Gasteiger partial charge in [-0.1, -0.05) is 0 Å². The van der Waals surface area contributed by atoms with Gasteiger partial charge in [-0.25, -0.2) is 0 Å². The lowest BCUT2D eigenvalue weighted by molar-refractivity contribution is -0.272. The molecule has 0 aromatic rings. The molecule has 0 spiro atoms. The Morgan fingerprint density at radius 3 is 2.00 bits per heavy atom. The summed E-state index contributed by atoms with van der Waals surface area (Å²) in [5, 5.41) is 44.1. The van der Waals surface area contributed by atoms with Crippen molar-refractivity contribution in [2.24, 2.45) is 0 Å². The van der Waals surface area contributed by atoms with E-state index in [-0.39, 0.29) is 0 Å². The van der Waals surface area contributed by atoms with Crippen LogP contribution in [0, 0.1) is 0 Å². The van der Waals surface area contributed by atoms with Gasteiger partial charge in [-0.15, -0.1) is 0 Å². The Bertz CT molecular complexity index is 150. The highest BCUT2D eigenvalue weighted by Crippen LogP contribution is 2.26. The number of aliphatic hydroxyl groups is 5. The van der Waals surface area contributed by atoms with Gasteiger partial charge < -0.3 is 30.3 Å². The van der Waals surface area contributed by atoms with Gasteiger partial charge in [0.1, 0.15) is 12.2 Å². The van der Waals surface area contributed by atoms with Gasteiger partial charge in [0.2, 0.25) is 5.79 Å². The highest BCUT2D eigenvalue weighted by atomic mass is 16.7. The molecule has 1 fully saturated rings. The third kappa shape index (κ3) is 1.24. The Kier molecular flexibility index (Phi) is 2.15. The fraction of sp³-hybridized carbons (Fsp3) is 1.00. The molecule has 4 atom stereocenters. The van der Waals surface area contributed by atoms with Crippen molar-refractivity contribution in [3.8, 4) is 0 Å². The van der Waals surface area contributed by atoms with E-state index in [1.165, 1.54) is 0 Å². The monoisotopic (exact) mass is 166 g/mol. The molecule has 1 aliphatic heterocycles. The number of rotatable bonds is 1. The molecule has 0 amide bonds. The van der Waals surface area contributed by atoms with E-state index in [4.69, 9.17) is 25.5 Å². The molecule has 0 radical (unpaired) electrons. The van der Waals surface area contributed by atoms with Crippen molar-refractivity contribution >= 4 is 0 Å². The van der Waals surface area contributed by atoms with E-state index in [2.05, 4.69) is 4.74 Å². The summed E-state index contributed by atoms with van der Waals surface area (Å²) in [6, 6.07) is 0. The fourth-order valence-electron chi connectivity index (χ4n) is 0.902. The maximum atomic E-state index is 9.07. The first-order valence-corrected chi connectivity index (χ1v) is 3.06. The van der Waals surface area contributed by atoms with E-state index in [0.717, 1.165) is 0 Å². The van der Waals surface area contributed by atoms with Crippen LogP contribution in [0.3, 0.4) is 0 Å². The summed E-state index contributed by atoms with van der Waals surface area (Å²) in [5.74, 6) is -2.25. The van der Waals surface area contributed by atoms with Crippen molar-refractivity contribution in [1.29, 1.82) is 0 Å². The Labute approximate surface area is 62.3 Å². The largest absolute Gasteiger partial charge is 0.391 e. The van der Waals surface area contributed by atoms with E-state index >= 15 is 0 Å². The summed E-state index contributed by atoms with van der Waals surface area (Å²) in [6.45, 7) is -0.887. The summed E-state index contributed by atoms with van der Waals surface area (Å²) in [5.41, 5.74) is 0. The lowest BCUT2D eigenvalue weighted by Gasteiger charge is -2.22. The van der Waals surface area contributed by atoms with Crippen LogP contribution in [-0.4, -0.2) is 56.4 Å². The molecule has 11 heavy (non-hydrogen) atoms. The van der Waals surface area contributed by atoms with Gasteiger partial charge in [-0.05, 0) is 0 Å². The summed E-state index contributed by atoms with van der Waals surface area (Å²) < 4.78 is 4.28. The lowest BCUT2D eigenvalue weighted by atomic mass is 10.1. The van der Waals surface area contributed by atoms with Crippen LogP contribution in [0.1, 0.15) is 0 Å². The zero-order valence-corrected chi connectivity index (χ0v) is 5.58. The predicted molar refractivity (Wildman–Crippen MR) is 31.1 cm³/mol. The third-order valence-electron chi connectivity index (χ3n) is 1.63. The number of ether oxygens (including phenoxy) is 1. The molecular weight excluding hydrogens is 156 g/mol. The molecule has 1 heterocycles. The zero-order valence-electron chi connectivity index (χ0n) is 5.58. The smallest absolute Gasteiger partial charge is 0.221 e. The van der Waals surface area contributed by atoms with E-state index in [1.807, 2.05) is 0 Å². The van der Waals surface area contributed by atoms with Crippen LogP contribution in [0.4, 0.5) is 0 Å². The summed E-state index contributed by atoms with van der Waals surface area (Å²) in [4.78, 5) is 0. The molecule has 0 aromatic heterocycles. The van der Waals surface area contributed by atoms with Crippen LogP contribution in [0.15, 0.2) is 0 Å². The zero-order chi connectivity index (χ0) is 8.65. The van der Waals surface area contributed by atoms with Gasteiger partial charge in [0.05, 0.1) is 6.61 Å². The van der Waals surface area contributed by atoms with Crippen molar-refractivity contribution in [2.45, 2.75) is 24.3 Å². The van der Waals surface area contributed by atoms with Gasteiger partial charge in [-0.3, -0.25) is 0 Å². The molecule has 0 aromatic carbocycles. The fourth-order valence-corrected chi connectivity index (χ4v) is 0.902. The second-order valence-electron chi connectivity index (χ2n) is 2.45. The minimum Gasteiger partial charge on any atom is -0.391 e. The molecule has 1 saturated heterocycles. The average Bonchev–Trinajstić information content (AvgIpc) is 2.17.